The van der Waals surface area contributed by atoms with E-state index in [-0.39, 0.29) is 5.91 Å². The highest BCUT2D eigenvalue weighted by atomic mass is 35.5. The van der Waals surface area contributed by atoms with Gasteiger partial charge in [0.05, 0.1) is 17.4 Å². The maximum Gasteiger partial charge on any atom is 0.254 e. The van der Waals surface area contributed by atoms with E-state index >= 15 is 0 Å². The molecule has 0 atom stereocenters. The predicted octanol–water partition coefficient (Wildman–Crippen LogP) is 3.47. The second-order valence-electron chi connectivity index (χ2n) is 7.42. The van der Waals surface area contributed by atoms with Gasteiger partial charge in [-0.1, -0.05) is 29.8 Å². The molecule has 1 amide bonds. The van der Waals surface area contributed by atoms with Crippen molar-refractivity contribution in [1.29, 1.82) is 0 Å². The normalized spacial score (nSPS) is 14.6. The standard InChI is InChI=1S/C23H26ClN5O/c24-20-7-9-22(10-8-20)29-18-19(17-26-29)23(30)25-11-4-12-27-13-15-28(16-14-27)21-5-2-1-3-6-21/h1-3,5-10,17-18H,4,11-16H2,(H,25,30). The molecule has 1 aliphatic heterocycles. The van der Waals surface area contributed by atoms with E-state index in [9.17, 15) is 4.79 Å². The van der Waals surface area contributed by atoms with Gasteiger partial charge in [0.1, 0.15) is 0 Å². The van der Waals surface area contributed by atoms with Crippen LogP contribution in [0.4, 0.5) is 5.69 Å². The molecule has 0 unspecified atom stereocenters. The van der Waals surface area contributed by atoms with Crippen molar-refractivity contribution >= 4 is 23.2 Å². The molecule has 0 saturated carbocycles. The van der Waals surface area contributed by atoms with Crippen molar-refractivity contribution in [3.8, 4) is 5.69 Å². The van der Waals surface area contributed by atoms with Crippen molar-refractivity contribution < 1.29 is 4.79 Å². The van der Waals surface area contributed by atoms with E-state index in [0.717, 1.165) is 44.8 Å². The molecule has 3 aromatic rings. The Hall–Kier alpha value is -2.83. The van der Waals surface area contributed by atoms with Crippen LogP contribution in [0.25, 0.3) is 5.69 Å². The Morgan fingerprint density at radius 1 is 0.967 bits per heavy atom. The van der Waals surface area contributed by atoms with Crippen LogP contribution in [-0.4, -0.2) is 59.9 Å². The lowest BCUT2D eigenvalue weighted by Crippen LogP contribution is -2.47. The summed E-state index contributed by atoms with van der Waals surface area (Å²) in [6.45, 7) is 5.84. The van der Waals surface area contributed by atoms with Gasteiger partial charge < -0.3 is 10.2 Å². The first kappa shape index (κ1) is 20.4. The molecule has 0 spiro atoms. The molecule has 0 bridgehead atoms. The van der Waals surface area contributed by atoms with Gasteiger partial charge in [-0.05, 0) is 49.4 Å². The van der Waals surface area contributed by atoms with Gasteiger partial charge in [-0.3, -0.25) is 9.69 Å². The highest BCUT2D eigenvalue weighted by Gasteiger charge is 2.16. The second kappa shape index (κ2) is 9.78. The SMILES string of the molecule is O=C(NCCCN1CCN(c2ccccc2)CC1)c1cnn(-c2ccc(Cl)cc2)c1. The van der Waals surface area contributed by atoms with E-state index in [2.05, 4.69) is 50.5 Å². The number of piperazine rings is 1. The Morgan fingerprint density at radius 3 is 2.43 bits per heavy atom. The van der Waals surface area contributed by atoms with Gasteiger partial charge in [-0.2, -0.15) is 5.10 Å². The zero-order valence-corrected chi connectivity index (χ0v) is 17.6. The van der Waals surface area contributed by atoms with E-state index in [4.69, 9.17) is 11.6 Å². The van der Waals surface area contributed by atoms with Gasteiger partial charge in [-0.15, -0.1) is 0 Å². The molecule has 1 N–H and O–H groups in total. The Balaban J connectivity index is 1.17. The summed E-state index contributed by atoms with van der Waals surface area (Å²) in [7, 11) is 0. The summed E-state index contributed by atoms with van der Waals surface area (Å²) < 4.78 is 1.68. The average Bonchev–Trinajstić information content (AvgIpc) is 3.28. The molecule has 0 aliphatic carbocycles. The van der Waals surface area contributed by atoms with Gasteiger partial charge in [0.25, 0.3) is 5.91 Å². The molecule has 7 heteroatoms. The van der Waals surface area contributed by atoms with Crippen molar-refractivity contribution in [3.63, 3.8) is 0 Å². The monoisotopic (exact) mass is 423 g/mol. The molecule has 1 aromatic heterocycles. The highest BCUT2D eigenvalue weighted by molar-refractivity contribution is 6.30. The lowest BCUT2D eigenvalue weighted by molar-refractivity contribution is 0.0951. The number of nitrogens with zero attached hydrogens (tertiary/aromatic N) is 4. The van der Waals surface area contributed by atoms with E-state index in [0.29, 0.717) is 17.1 Å². The number of carbonyl (C=O) groups is 1. The number of carbonyl (C=O) groups excluding carboxylic acids is 1. The van der Waals surface area contributed by atoms with Crippen LogP contribution in [0, 0.1) is 0 Å². The number of aromatic nitrogens is 2. The molecule has 4 rings (SSSR count). The van der Waals surface area contributed by atoms with Crippen LogP contribution in [0.5, 0.6) is 0 Å². The maximum atomic E-state index is 12.4. The summed E-state index contributed by atoms with van der Waals surface area (Å²) in [6, 6.07) is 17.9. The molecule has 0 radical (unpaired) electrons. The molecule has 2 aromatic carbocycles. The summed E-state index contributed by atoms with van der Waals surface area (Å²) in [5.74, 6) is -0.0934. The van der Waals surface area contributed by atoms with Crippen molar-refractivity contribution in [2.75, 3.05) is 44.2 Å². The van der Waals surface area contributed by atoms with E-state index in [1.807, 2.05) is 12.1 Å². The van der Waals surface area contributed by atoms with E-state index < -0.39 is 0 Å². The number of anilines is 1. The number of nitrogens with one attached hydrogen (secondary N) is 1. The third-order valence-corrected chi connectivity index (χ3v) is 5.62. The topological polar surface area (TPSA) is 53.4 Å². The highest BCUT2D eigenvalue weighted by Crippen LogP contribution is 2.16. The van der Waals surface area contributed by atoms with Gasteiger partial charge in [0.2, 0.25) is 0 Å². The molecule has 1 fully saturated rings. The minimum Gasteiger partial charge on any atom is -0.369 e. The lowest BCUT2D eigenvalue weighted by atomic mass is 10.2. The number of benzene rings is 2. The Morgan fingerprint density at radius 2 is 1.70 bits per heavy atom. The molecular formula is C23H26ClN5O. The zero-order chi connectivity index (χ0) is 20.8. The van der Waals surface area contributed by atoms with Crippen molar-refractivity contribution in [2.45, 2.75) is 6.42 Å². The van der Waals surface area contributed by atoms with Gasteiger partial charge in [-0.25, -0.2) is 4.68 Å². The van der Waals surface area contributed by atoms with E-state index in [1.165, 1.54) is 5.69 Å². The van der Waals surface area contributed by atoms with Crippen LogP contribution >= 0.6 is 11.6 Å². The minimum absolute atomic E-state index is 0.0934. The summed E-state index contributed by atoms with van der Waals surface area (Å²) in [4.78, 5) is 17.3. The largest absolute Gasteiger partial charge is 0.369 e. The fourth-order valence-corrected chi connectivity index (χ4v) is 3.78. The first-order chi connectivity index (χ1) is 14.7. The van der Waals surface area contributed by atoms with Crippen LogP contribution < -0.4 is 10.2 Å². The molecule has 2 heterocycles. The second-order valence-corrected chi connectivity index (χ2v) is 7.86. The van der Waals surface area contributed by atoms with Gasteiger partial charge in [0, 0.05) is 49.6 Å². The smallest absolute Gasteiger partial charge is 0.254 e. The van der Waals surface area contributed by atoms with Crippen LogP contribution in [0.2, 0.25) is 5.02 Å². The van der Waals surface area contributed by atoms with Crippen molar-refractivity contribution in [3.05, 3.63) is 77.6 Å². The summed E-state index contributed by atoms with van der Waals surface area (Å²) in [6.07, 6.45) is 4.26. The molecule has 156 valence electrons. The molecule has 30 heavy (non-hydrogen) atoms. The third-order valence-electron chi connectivity index (χ3n) is 5.37. The number of hydrogen-bond donors (Lipinski definition) is 1. The summed E-state index contributed by atoms with van der Waals surface area (Å²) >= 11 is 5.92. The van der Waals surface area contributed by atoms with Crippen LogP contribution in [0.15, 0.2) is 67.0 Å². The molecular weight excluding hydrogens is 398 g/mol. The van der Waals surface area contributed by atoms with Crippen LogP contribution in [-0.2, 0) is 0 Å². The van der Waals surface area contributed by atoms with Crippen molar-refractivity contribution in [1.82, 2.24) is 20.0 Å². The maximum absolute atomic E-state index is 12.4. The van der Waals surface area contributed by atoms with Crippen LogP contribution in [0.1, 0.15) is 16.8 Å². The Kier molecular flexibility index (Phi) is 6.67. The number of amides is 1. The molecule has 1 aliphatic rings. The third kappa shape index (κ3) is 5.20. The zero-order valence-electron chi connectivity index (χ0n) is 16.9. The van der Waals surface area contributed by atoms with Gasteiger partial charge >= 0.3 is 0 Å². The van der Waals surface area contributed by atoms with Gasteiger partial charge in [0.15, 0.2) is 0 Å². The average molecular weight is 424 g/mol. The number of rotatable bonds is 7. The first-order valence-corrected chi connectivity index (χ1v) is 10.7. The fraction of sp³-hybridized carbons (Fsp3) is 0.304. The fourth-order valence-electron chi connectivity index (χ4n) is 3.65. The number of halogens is 1. The predicted molar refractivity (Wildman–Crippen MR) is 121 cm³/mol. The molecule has 1 saturated heterocycles. The first-order valence-electron chi connectivity index (χ1n) is 10.3. The van der Waals surface area contributed by atoms with Crippen molar-refractivity contribution in [2.24, 2.45) is 0 Å². The summed E-state index contributed by atoms with van der Waals surface area (Å²) in [5.41, 5.74) is 2.72. The lowest BCUT2D eigenvalue weighted by Gasteiger charge is -2.36. The van der Waals surface area contributed by atoms with E-state index in [1.54, 1.807) is 29.2 Å². The number of hydrogen-bond acceptors (Lipinski definition) is 4. The number of para-hydroxylation sites is 1. The van der Waals surface area contributed by atoms with Crippen LogP contribution in [0.3, 0.4) is 0 Å². The Bertz CT molecular complexity index is 949. The molecule has 6 nitrogen and oxygen atoms in total. The summed E-state index contributed by atoms with van der Waals surface area (Å²) in [5, 5.41) is 7.94. The Labute approximate surface area is 182 Å². The quantitative estimate of drug-likeness (QED) is 0.591. The minimum atomic E-state index is -0.0934.